The van der Waals surface area contributed by atoms with E-state index >= 15 is 0 Å². The van der Waals surface area contributed by atoms with Gasteiger partial charge in [0.2, 0.25) is 0 Å². The summed E-state index contributed by atoms with van der Waals surface area (Å²) in [6, 6.07) is 0. The fraction of sp³-hybridized carbons (Fsp3) is 0.917. The molecule has 2 heteroatoms. The van der Waals surface area contributed by atoms with Gasteiger partial charge < -0.3 is 4.74 Å². The molecule has 0 amide bonds. The van der Waals surface area contributed by atoms with Gasteiger partial charge in [-0.1, -0.05) is 20.8 Å². The highest BCUT2D eigenvalue weighted by Gasteiger charge is 2.46. The second-order valence-corrected chi connectivity index (χ2v) is 5.60. The molecular formula is C12H22O2. The molecule has 1 unspecified atom stereocenters. The van der Waals surface area contributed by atoms with Crippen LogP contribution in [0.2, 0.25) is 0 Å². The Hall–Kier alpha value is -0.370. The van der Waals surface area contributed by atoms with Gasteiger partial charge in [0, 0.05) is 25.6 Å². The Morgan fingerprint density at radius 1 is 1.36 bits per heavy atom. The average molecular weight is 198 g/mol. The highest BCUT2D eigenvalue weighted by Crippen LogP contribution is 2.48. The summed E-state index contributed by atoms with van der Waals surface area (Å²) in [6.07, 6.45) is 3.75. The minimum absolute atomic E-state index is 0.0813. The van der Waals surface area contributed by atoms with Gasteiger partial charge in [-0.3, -0.25) is 4.79 Å². The van der Waals surface area contributed by atoms with Gasteiger partial charge in [0.1, 0.15) is 5.78 Å². The second-order valence-electron chi connectivity index (χ2n) is 5.60. The number of Topliss-reactive ketones (excluding diaryl/α,β-unsaturated/α-hetero) is 1. The van der Waals surface area contributed by atoms with E-state index in [1.165, 1.54) is 0 Å². The molecule has 1 aliphatic carbocycles. The van der Waals surface area contributed by atoms with Crippen LogP contribution in [0.15, 0.2) is 0 Å². The molecule has 1 rings (SSSR count). The lowest BCUT2D eigenvalue weighted by Gasteiger charge is -2.24. The predicted octanol–water partition coefficient (Wildman–Crippen LogP) is 2.81. The largest absolute Gasteiger partial charge is 0.385 e. The van der Waals surface area contributed by atoms with Gasteiger partial charge in [-0.05, 0) is 24.7 Å². The van der Waals surface area contributed by atoms with Crippen molar-refractivity contribution < 1.29 is 9.53 Å². The summed E-state index contributed by atoms with van der Waals surface area (Å²) in [5.74, 6) is 0.443. The maximum absolute atomic E-state index is 11.9. The molecule has 0 aromatic rings. The molecule has 0 bridgehead atoms. The second kappa shape index (κ2) is 4.01. The van der Waals surface area contributed by atoms with E-state index < -0.39 is 0 Å². The van der Waals surface area contributed by atoms with E-state index in [-0.39, 0.29) is 10.8 Å². The van der Waals surface area contributed by atoms with Gasteiger partial charge in [0.25, 0.3) is 0 Å². The molecule has 1 aliphatic rings. The fourth-order valence-corrected chi connectivity index (χ4v) is 2.70. The van der Waals surface area contributed by atoms with E-state index in [1.807, 2.05) is 0 Å². The van der Waals surface area contributed by atoms with Crippen molar-refractivity contribution in [1.29, 1.82) is 0 Å². The number of rotatable bonds is 4. The quantitative estimate of drug-likeness (QED) is 0.649. The lowest BCUT2D eigenvalue weighted by Crippen LogP contribution is -2.22. The van der Waals surface area contributed by atoms with Crippen LogP contribution in [-0.2, 0) is 9.53 Å². The first-order valence-electron chi connectivity index (χ1n) is 5.42. The van der Waals surface area contributed by atoms with Crippen LogP contribution in [-0.4, -0.2) is 19.5 Å². The monoisotopic (exact) mass is 198 g/mol. The molecule has 0 saturated heterocycles. The van der Waals surface area contributed by atoms with Crippen molar-refractivity contribution in [3.05, 3.63) is 0 Å². The van der Waals surface area contributed by atoms with Gasteiger partial charge in [-0.15, -0.1) is 0 Å². The normalized spacial score (nSPS) is 31.0. The van der Waals surface area contributed by atoms with Crippen molar-refractivity contribution in [3.8, 4) is 0 Å². The Labute approximate surface area is 87.0 Å². The lowest BCUT2D eigenvalue weighted by atomic mass is 9.79. The summed E-state index contributed by atoms with van der Waals surface area (Å²) in [5, 5.41) is 0. The van der Waals surface area contributed by atoms with E-state index in [1.54, 1.807) is 7.11 Å². The molecule has 1 fully saturated rings. The molecule has 0 aliphatic heterocycles. The predicted molar refractivity (Wildman–Crippen MR) is 57.2 cm³/mol. The number of ether oxygens (including phenoxy) is 1. The number of ketones is 1. The minimum Gasteiger partial charge on any atom is -0.385 e. The van der Waals surface area contributed by atoms with Gasteiger partial charge in [-0.2, -0.15) is 0 Å². The summed E-state index contributed by atoms with van der Waals surface area (Å²) < 4.78 is 5.02. The number of hydrogen-bond acceptors (Lipinski definition) is 2. The maximum Gasteiger partial charge on any atom is 0.139 e. The van der Waals surface area contributed by atoms with E-state index in [9.17, 15) is 4.79 Å². The smallest absolute Gasteiger partial charge is 0.139 e. The molecular weight excluding hydrogens is 176 g/mol. The zero-order chi connectivity index (χ0) is 10.8. The zero-order valence-electron chi connectivity index (χ0n) is 9.85. The topological polar surface area (TPSA) is 26.3 Å². The molecule has 0 N–H and O–H groups in total. The first kappa shape index (κ1) is 11.7. The van der Waals surface area contributed by atoms with Crippen molar-refractivity contribution in [2.45, 2.75) is 46.5 Å². The van der Waals surface area contributed by atoms with Crippen LogP contribution in [0.3, 0.4) is 0 Å². The lowest BCUT2D eigenvalue weighted by molar-refractivity contribution is -0.125. The Kier molecular flexibility index (Phi) is 3.36. The number of methoxy groups -OCH3 is 1. The van der Waals surface area contributed by atoms with Crippen molar-refractivity contribution in [1.82, 2.24) is 0 Å². The Morgan fingerprint density at radius 2 is 2.00 bits per heavy atom. The first-order valence-corrected chi connectivity index (χ1v) is 5.42. The molecule has 14 heavy (non-hydrogen) atoms. The Balaban J connectivity index is 2.53. The maximum atomic E-state index is 11.9. The van der Waals surface area contributed by atoms with Crippen LogP contribution in [0.5, 0.6) is 0 Å². The van der Waals surface area contributed by atoms with Gasteiger partial charge in [0.05, 0.1) is 0 Å². The van der Waals surface area contributed by atoms with Crippen LogP contribution in [0.1, 0.15) is 46.5 Å². The number of carbonyl (C=O) groups excluding carboxylic acids is 1. The summed E-state index contributed by atoms with van der Waals surface area (Å²) in [5.41, 5.74) is 0.126. The van der Waals surface area contributed by atoms with Gasteiger partial charge in [-0.25, -0.2) is 0 Å². The van der Waals surface area contributed by atoms with Crippen LogP contribution in [0.4, 0.5) is 0 Å². The Bertz CT molecular complexity index is 220. The third-order valence-corrected chi connectivity index (χ3v) is 3.26. The Morgan fingerprint density at radius 3 is 2.43 bits per heavy atom. The van der Waals surface area contributed by atoms with Crippen LogP contribution >= 0.6 is 0 Å². The molecule has 1 saturated carbocycles. The number of carbonyl (C=O) groups is 1. The summed E-state index contributed by atoms with van der Waals surface area (Å²) in [7, 11) is 1.71. The highest BCUT2D eigenvalue weighted by molar-refractivity contribution is 5.87. The molecule has 2 nitrogen and oxygen atoms in total. The van der Waals surface area contributed by atoms with Crippen LogP contribution < -0.4 is 0 Å². The van der Waals surface area contributed by atoms with Crippen molar-refractivity contribution in [2.75, 3.05) is 13.7 Å². The zero-order valence-corrected chi connectivity index (χ0v) is 9.85. The molecule has 0 spiro atoms. The molecule has 0 aromatic heterocycles. The van der Waals surface area contributed by atoms with Gasteiger partial charge in [0.15, 0.2) is 0 Å². The van der Waals surface area contributed by atoms with E-state index in [4.69, 9.17) is 4.74 Å². The highest BCUT2D eigenvalue weighted by atomic mass is 16.5. The molecule has 0 aromatic carbocycles. The number of hydrogen-bond donors (Lipinski definition) is 0. The van der Waals surface area contributed by atoms with E-state index in [0.717, 1.165) is 32.3 Å². The molecule has 0 radical (unpaired) electrons. The minimum atomic E-state index is -0.0813. The van der Waals surface area contributed by atoms with E-state index in [0.29, 0.717) is 5.78 Å². The molecule has 1 atom stereocenters. The van der Waals surface area contributed by atoms with Crippen molar-refractivity contribution in [3.63, 3.8) is 0 Å². The van der Waals surface area contributed by atoms with Crippen molar-refractivity contribution in [2.24, 2.45) is 10.8 Å². The summed E-state index contributed by atoms with van der Waals surface area (Å²) in [6.45, 7) is 7.25. The fourth-order valence-electron chi connectivity index (χ4n) is 2.70. The van der Waals surface area contributed by atoms with Crippen LogP contribution in [0.25, 0.3) is 0 Å². The molecule has 82 valence electrons. The van der Waals surface area contributed by atoms with Crippen molar-refractivity contribution >= 4 is 5.78 Å². The third kappa shape index (κ3) is 2.57. The first-order chi connectivity index (χ1) is 6.40. The average Bonchev–Trinajstić information content (AvgIpc) is 2.21. The third-order valence-electron chi connectivity index (χ3n) is 3.26. The van der Waals surface area contributed by atoms with Crippen LogP contribution in [0, 0.1) is 10.8 Å². The van der Waals surface area contributed by atoms with Gasteiger partial charge >= 0.3 is 0 Å². The SMILES string of the molecule is COCCCC1(C)CC(C)(C)CC1=O. The standard InChI is InChI=1S/C12H22O2/c1-11(2)8-10(13)12(3,9-11)6-5-7-14-4/h5-9H2,1-4H3. The summed E-state index contributed by atoms with van der Waals surface area (Å²) in [4.78, 5) is 11.9. The van der Waals surface area contributed by atoms with E-state index in [2.05, 4.69) is 20.8 Å². The summed E-state index contributed by atoms with van der Waals surface area (Å²) >= 11 is 0. The molecule has 0 heterocycles.